The first kappa shape index (κ1) is 34.6. The van der Waals surface area contributed by atoms with Gasteiger partial charge in [0.1, 0.15) is 11.2 Å². The van der Waals surface area contributed by atoms with E-state index in [4.69, 9.17) is 14.4 Å². The summed E-state index contributed by atoms with van der Waals surface area (Å²) in [6.45, 7) is 0. The van der Waals surface area contributed by atoms with E-state index in [0.717, 1.165) is 61.1 Å². The predicted molar refractivity (Wildman–Crippen MR) is 251 cm³/mol. The van der Waals surface area contributed by atoms with Gasteiger partial charge < -0.3 is 4.42 Å². The van der Waals surface area contributed by atoms with Crippen molar-refractivity contribution in [3.8, 4) is 78.4 Å². The van der Waals surface area contributed by atoms with Crippen molar-refractivity contribution in [2.75, 3.05) is 0 Å². The normalized spacial score (nSPS) is 14.5. The van der Waals surface area contributed by atoms with Crippen molar-refractivity contribution in [2.24, 2.45) is 0 Å². The first-order valence-corrected chi connectivity index (χ1v) is 21.1. The molecule has 1 unspecified atom stereocenters. The third-order valence-electron chi connectivity index (χ3n) is 13.0. The van der Waals surface area contributed by atoms with Gasteiger partial charge >= 0.3 is 0 Å². The molecule has 62 heavy (non-hydrogen) atoms. The van der Waals surface area contributed by atoms with Crippen molar-refractivity contribution in [1.29, 1.82) is 0 Å². The van der Waals surface area contributed by atoms with E-state index in [1.807, 2.05) is 36.5 Å². The lowest BCUT2D eigenvalue weighted by Crippen LogP contribution is -2.29. The summed E-state index contributed by atoms with van der Waals surface area (Å²) >= 11 is 0. The first-order valence-electron chi connectivity index (χ1n) is 21.1. The zero-order valence-electron chi connectivity index (χ0n) is 33.5. The van der Waals surface area contributed by atoms with E-state index >= 15 is 0 Å². The van der Waals surface area contributed by atoms with Crippen LogP contribution >= 0.6 is 0 Å². The molecule has 0 aliphatic heterocycles. The summed E-state index contributed by atoms with van der Waals surface area (Å²) < 4.78 is 6.57. The fourth-order valence-electron chi connectivity index (χ4n) is 10.3. The van der Waals surface area contributed by atoms with Crippen LogP contribution in [-0.4, -0.2) is 15.0 Å². The summed E-state index contributed by atoms with van der Waals surface area (Å²) in [5.74, 6) is 0.681. The van der Waals surface area contributed by atoms with Gasteiger partial charge in [-0.25, -0.2) is 9.97 Å². The zero-order chi connectivity index (χ0) is 40.8. The van der Waals surface area contributed by atoms with Gasteiger partial charge in [0.2, 0.25) is 0 Å². The molecule has 2 aliphatic carbocycles. The highest BCUT2D eigenvalue weighted by molar-refractivity contribution is 6.09. The maximum Gasteiger partial charge on any atom is 0.160 e. The van der Waals surface area contributed by atoms with Crippen LogP contribution in [0, 0.1) is 0 Å². The van der Waals surface area contributed by atoms with Crippen molar-refractivity contribution in [3.05, 3.63) is 235 Å². The lowest BCUT2D eigenvalue weighted by molar-refractivity contribution is 0.668. The van der Waals surface area contributed by atoms with E-state index in [0.29, 0.717) is 5.82 Å². The van der Waals surface area contributed by atoms with Crippen LogP contribution in [0.2, 0.25) is 0 Å². The molecule has 0 radical (unpaired) electrons. The molecule has 288 valence electrons. The summed E-state index contributed by atoms with van der Waals surface area (Å²) in [5, 5.41) is 2.23. The minimum Gasteiger partial charge on any atom is -0.456 e. The molecular formula is C58H35N3O. The summed E-state index contributed by atoms with van der Waals surface area (Å²) in [4.78, 5) is 14.9. The fraction of sp³-hybridized carbons (Fsp3) is 0.0172. The fourth-order valence-corrected chi connectivity index (χ4v) is 10.3. The minimum absolute atomic E-state index is 0.681. The molecule has 0 amide bonds. The lowest BCUT2D eigenvalue weighted by atomic mass is 9.65. The van der Waals surface area contributed by atoms with Crippen LogP contribution in [0.25, 0.3) is 100 Å². The zero-order valence-corrected chi connectivity index (χ0v) is 33.5. The van der Waals surface area contributed by atoms with Crippen molar-refractivity contribution < 1.29 is 4.42 Å². The highest BCUT2D eigenvalue weighted by Crippen LogP contribution is 2.62. The van der Waals surface area contributed by atoms with Crippen LogP contribution in [0.3, 0.4) is 0 Å². The minimum atomic E-state index is -0.681. The Labute approximate surface area is 358 Å². The Hall–Kier alpha value is -8.21. The number of furan rings is 1. The van der Waals surface area contributed by atoms with E-state index < -0.39 is 5.41 Å². The lowest BCUT2D eigenvalue weighted by Gasteiger charge is -2.35. The van der Waals surface area contributed by atoms with E-state index in [9.17, 15) is 0 Å². The maximum atomic E-state index is 6.57. The Kier molecular flexibility index (Phi) is 7.49. The standard InChI is InChI=1S/C58H35N3O/c1-2-13-38(14-3-1)57-60-53(37-26-24-36(25-27-37)40-15-12-30-59-35-40)34-54(61-57)39-28-29-45-42-17-5-4-16-41(42)43-18-6-9-21-49(43)58(51(45)31-39)50-22-10-7-19-44(50)47-33-56-48(32-52(47)58)46-20-8-11-23-55(46)62-56/h1-35H. The van der Waals surface area contributed by atoms with Gasteiger partial charge in [0.05, 0.1) is 16.8 Å². The second-order valence-electron chi connectivity index (χ2n) is 16.3. The molecule has 8 aromatic carbocycles. The molecule has 0 bridgehead atoms. The molecule has 1 spiro atoms. The average molecular weight is 790 g/mol. The summed E-state index contributed by atoms with van der Waals surface area (Å²) in [6.07, 6.45) is 3.70. The molecule has 13 rings (SSSR count). The van der Waals surface area contributed by atoms with Gasteiger partial charge in [-0.1, -0.05) is 164 Å². The monoisotopic (exact) mass is 789 g/mol. The number of hydrogen-bond acceptors (Lipinski definition) is 4. The third-order valence-corrected chi connectivity index (χ3v) is 13.0. The SMILES string of the molecule is c1ccc(-c2nc(-c3ccc(-c4cccnc4)cc3)cc(-c3ccc4c(c3)C3(c5ccccc5-c5ccccc5-4)c4ccccc4-c4cc5oc6ccccc6c5cc43)n2)cc1. The number of benzene rings is 8. The van der Waals surface area contributed by atoms with Gasteiger partial charge in [0, 0.05) is 39.9 Å². The van der Waals surface area contributed by atoms with Crippen LogP contribution in [0.4, 0.5) is 0 Å². The first-order chi connectivity index (χ1) is 30.7. The number of hydrogen-bond donors (Lipinski definition) is 0. The Morgan fingerprint density at radius 2 is 0.919 bits per heavy atom. The molecule has 4 nitrogen and oxygen atoms in total. The summed E-state index contributed by atoms with van der Waals surface area (Å²) in [5.41, 5.74) is 20.2. The van der Waals surface area contributed by atoms with E-state index in [2.05, 4.69) is 175 Å². The highest BCUT2D eigenvalue weighted by Gasteiger charge is 2.50. The van der Waals surface area contributed by atoms with E-state index in [1.165, 1.54) is 55.6 Å². The summed E-state index contributed by atoms with van der Waals surface area (Å²) in [6, 6.07) is 72.1. The van der Waals surface area contributed by atoms with Crippen LogP contribution in [0.1, 0.15) is 22.3 Å². The Balaban J connectivity index is 1.10. The smallest absolute Gasteiger partial charge is 0.160 e. The molecule has 0 saturated carbocycles. The second kappa shape index (κ2) is 13.4. The number of rotatable bonds is 4. The molecule has 4 heteroatoms. The van der Waals surface area contributed by atoms with Crippen LogP contribution in [0.5, 0.6) is 0 Å². The van der Waals surface area contributed by atoms with Crippen LogP contribution in [0.15, 0.2) is 217 Å². The second-order valence-corrected chi connectivity index (χ2v) is 16.3. The maximum absolute atomic E-state index is 6.57. The van der Waals surface area contributed by atoms with E-state index in [-0.39, 0.29) is 0 Å². The van der Waals surface area contributed by atoms with Crippen molar-refractivity contribution >= 4 is 21.9 Å². The largest absolute Gasteiger partial charge is 0.456 e. The van der Waals surface area contributed by atoms with Crippen molar-refractivity contribution in [1.82, 2.24) is 15.0 Å². The van der Waals surface area contributed by atoms with Crippen molar-refractivity contribution in [2.45, 2.75) is 5.41 Å². The van der Waals surface area contributed by atoms with Gasteiger partial charge in [0.15, 0.2) is 5.82 Å². The van der Waals surface area contributed by atoms with Gasteiger partial charge in [-0.2, -0.15) is 0 Å². The molecule has 1 atom stereocenters. The van der Waals surface area contributed by atoms with Gasteiger partial charge in [-0.3, -0.25) is 4.98 Å². The van der Waals surface area contributed by atoms with Gasteiger partial charge in [0.25, 0.3) is 0 Å². The topological polar surface area (TPSA) is 51.8 Å². The molecular weight excluding hydrogens is 755 g/mol. The van der Waals surface area contributed by atoms with Gasteiger partial charge in [-0.05, 0) is 103 Å². The Bertz CT molecular complexity index is 3570. The van der Waals surface area contributed by atoms with Crippen molar-refractivity contribution in [3.63, 3.8) is 0 Å². The predicted octanol–water partition coefficient (Wildman–Crippen LogP) is 14.4. The van der Waals surface area contributed by atoms with E-state index in [1.54, 1.807) is 6.20 Å². The Morgan fingerprint density at radius 1 is 0.339 bits per heavy atom. The number of para-hydroxylation sites is 1. The molecule has 0 saturated heterocycles. The van der Waals surface area contributed by atoms with Crippen LogP contribution < -0.4 is 0 Å². The number of pyridine rings is 1. The number of nitrogens with zero attached hydrogens (tertiary/aromatic N) is 3. The molecule has 2 aliphatic rings. The molecule has 11 aromatic rings. The Morgan fingerprint density at radius 3 is 1.66 bits per heavy atom. The number of fused-ring (bicyclic) bond motifs is 15. The molecule has 3 heterocycles. The van der Waals surface area contributed by atoms with Crippen LogP contribution in [-0.2, 0) is 5.41 Å². The number of aromatic nitrogens is 3. The quantitative estimate of drug-likeness (QED) is 0.178. The average Bonchev–Trinajstić information content (AvgIpc) is 3.83. The molecule has 3 aromatic heterocycles. The summed E-state index contributed by atoms with van der Waals surface area (Å²) in [7, 11) is 0. The molecule has 0 fully saturated rings. The highest BCUT2D eigenvalue weighted by atomic mass is 16.3. The van der Waals surface area contributed by atoms with Gasteiger partial charge in [-0.15, -0.1) is 0 Å². The molecule has 0 N–H and O–H groups in total. The third kappa shape index (κ3) is 5.04.